The van der Waals surface area contributed by atoms with Crippen LogP contribution in [-0.2, 0) is 0 Å². The fourth-order valence-corrected chi connectivity index (χ4v) is 1.72. The van der Waals surface area contributed by atoms with E-state index in [1.807, 2.05) is 7.05 Å². The second-order valence-electron chi connectivity index (χ2n) is 4.83. The molecule has 0 aliphatic heterocycles. The van der Waals surface area contributed by atoms with Crippen LogP contribution >= 0.6 is 0 Å². The van der Waals surface area contributed by atoms with E-state index in [1.54, 1.807) is 0 Å². The van der Waals surface area contributed by atoms with Crippen LogP contribution in [0.1, 0.15) is 59.3 Å². The summed E-state index contributed by atoms with van der Waals surface area (Å²) in [6.45, 7) is 8.24. The normalized spacial score (nSPS) is 12.0. The number of unbranched alkanes of at least 4 members (excludes halogenated alkanes) is 2. The minimum Gasteiger partial charge on any atom is -0.320 e. The molecule has 0 radical (unpaired) electrons. The largest absolute Gasteiger partial charge is 0.320 e. The molecule has 0 fully saturated rings. The Labute approximate surface area is 84.3 Å². The molecular formula is C12H27N. The number of rotatable bonds is 8. The molecule has 0 aromatic heterocycles. The van der Waals surface area contributed by atoms with Gasteiger partial charge in [-0.2, -0.15) is 0 Å². The standard InChI is InChI=1S/C12H27N/c1-5-6-7-9-12(2,3)10-8-11-13-4/h13H,5-11H2,1-4H3. The monoisotopic (exact) mass is 185 g/mol. The van der Waals surface area contributed by atoms with E-state index < -0.39 is 0 Å². The molecule has 0 rings (SSSR count). The average Bonchev–Trinajstić information content (AvgIpc) is 2.05. The molecule has 0 heterocycles. The maximum absolute atomic E-state index is 3.21. The highest BCUT2D eigenvalue weighted by Gasteiger charge is 2.15. The molecule has 0 bridgehead atoms. The van der Waals surface area contributed by atoms with Gasteiger partial charge in [-0.3, -0.25) is 0 Å². The number of hydrogen-bond acceptors (Lipinski definition) is 1. The van der Waals surface area contributed by atoms with Crippen molar-refractivity contribution in [2.75, 3.05) is 13.6 Å². The van der Waals surface area contributed by atoms with E-state index in [0.717, 1.165) is 6.54 Å². The summed E-state index contributed by atoms with van der Waals surface area (Å²) < 4.78 is 0. The Hall–Kier alpha value is -0.0400. The smallest absolute Gasteiger partial charge is 0.00517 e. The molecule has 80 valence electrons. The first-order valence-electron chi connectivity index (χ1n) is 5.77. The summed E-state index contributed by atoms with van der Waals surface area (Å²) in [6, 6.07) is 0. The zero-order chi connectivity index (χ0) is 10.2. The molecule has 0 amide bonds. The maximum atomic E-state index is 3.21. The molecular weight excluding hydrogens is 158 g/mol. The van der Waals surface area contributed by atoms with Crippen molar-refractivity contribution >= 4 is 0 Å². The molecule has 0 spiro atoms. The molecule has 1 nitrogen and oxygen atoms in total. The van der Waals surface area contributed by atoms with Crippen LogP contribution in [0.4, 0.5) is 0 Å². The van der Waals surface area contributed by atoms with Crippen LogP contribution in [-0.4, -0.2) is 13.6 Å². The van der Waals surface area contributed by atoms with Crippen LogP contribution in [0, 0.1) is 5.41 Å². The lowest BCUT2D eigenvalue weighted by Crippen LogP contribution is -2.15. The third-order valence-corrected chi connectivity index (χ3v) is 2.74. The third-order valence-electron chi connectivity index (χ3n) is 2.74. The van der Waals surface area contributed by atoms with E-state index >= 15 is 0 Å². The van der Waals surface area contributed by atoms with E-state index in [4.69, 9.17) is 0 Å². The topological polar surface area (TPSA) is 12.0 Å². The van der Waals surface area contributed by atoms with Gasteiger partial charge in [0.1, 0.15) is 0 Å². The third kappa shape index (κ3) is 8.29. The lowest BCUT2D eigenvalue weighted by atomic mass is 9.82. The van der Waals surface area contributed by atoms with Crippen LogP contribution in [0.5, 0.6) is 0 Å². The summed E-state index contributed by atoms with van der Waals surface area (Å²) in [6.07, 6.45) is 8.21. The van der Waals surface area contributed by atoms with Gasteiger partial charge in [0.2, 0.25) is 0 Å². The molecule has 0 aromatic rings. The van der Waals surface area contributed by atoms with Crippen molar-refractivity contribution in [3.05, 3.63) is 0 Å². The van der Waals surface area contributed by atoms with Gasteiger partial charge >= 0.3 is 0 Å². The molecule has 0 atom stereocenters. The zero-order valence-corrected chi connectivity index (χ0v) is 9.95. The van der Waals surface area contributed by atoms with Gasteiger partial charge in [0, 0.05) is 0 Å². The summed E-state index contributed by atoms with van der Waals surface area (Å²) in [5, 5.41) is 3.21. The van der Waals surface area contributed by atoms with Crippen molar-refractivity contribution in [2.45, 2.75) is 59.3 Å². The first kappa shape index (κ1) is 13.0. The quantitative estimate of drug-likeness (QED) is 0.570. The van der Waals surface area contributed by atoms with Crippen LogP contribution < -0.4 is 5.32 Å². The number of hydrogen-bond donors (Lipinski definition) is 1. The van der Waals surface area contributed by atoms with Gasteiger partial charge in [-0.1, -0.05) is 40.0 Å². The van der Waals surface area contributed by atoms with Crippen molar-refractivity contribution in [1.29, 1.82) is 0 Å². The average molecular weight is 185 g/mol. The second-order valence-corrected chi connectivity index (χ2v) is 4.83. The van der Waals surface area contributed by atoms with Crippen molar-refractivity contribution in [1.82, 2.24) is 5.32 Å². The number of nitrogens with one attached hydrogen (secondary N) is 1. The van der Waals surface area contributed by atoms with Crippen molar-refractivity contribution in [3.63, 3.8) is 0 Å². The Morgan fingerprint density at radius 2 is 1.62 bits per heavy atom. The highest BCUT2D eigenvalue weighted by molar-refractivity contribution is 4.68. The predicted octanol–water partition coefficient (Wildman–Crippen LogP) is 3.59. The van der Waals surface area contributed by atoms with Gasteiger partial charge < -0.3 is 5.32 Å². The van der Waals surface area contributed by atoms with Crippen LogP contribution in [0.15, 0.2) is 0 Å². The lowest BCUT2D eigenvalue weighted by molar-refractivity contribution is 0.287. The van der Waals surface area contributed by atoms with Gasteiger partial charge in [-0.25, -0.2) is 0 Å². The Balaban J connectivity index is 3.42. The van der Waals surface area contributed by atoms with Crippen LogP contribution in [0.2, 0.25) is 0 Å². The summed E-state index contributed by atoms with van der Waals surface area (Å²) in [4.78, 5) is 0. The molecule has 0 saturated carbocycles. The fourth-order valence-electron chi connectivity index (χ4n) is 1.72. The van der Waals surface area contributed by atoms with E-state index in [0.29, 0.717) is 5.41 Å². The van der Waals surface area contributed by atoms with Gasteiger partial charge in [0.25, 0.3) is 0 Å². The van der Waals surface area contributed by atoms with E-state index in [2.05, 4.69) is 26.1 Å². The fraction of sp³-hybridized carbons (Fsp3) is 1.00. The maximum Gasteiger partial charge on any atom is -0.00517 e. The highest BCUT2D eigenvalue weighted by Crippen LogP contribution is 2.28. The van der Waals surface area contributed by atoms with Gasteiger partial charge in [-0.05, 0) is 38.3 Å². The van der Waals surface area contributed by atoms with Crippen molar-refractivity contribution in [3.8, 4) is 0 Å². The van der Waals surface area contributed by atoms with E-state index in [-0.39, 0.29) is 0 Å². The first-order chi connectivity index (χ1) is 6.12. The Morgan fingerprint density at radius 1 is 1.00 bits per heavy atom. The Bertz CT molecular complexity index is 95.7. The second kappa shape index (κ2) is 7.37. The van der Waals surface area contributed by atoms with Crippen LogP contribution in [0.25, 0.3) is 0 Å². The van der Waals surface area contributed by atoms with Gasteiger partial charge in [-0.15, -0.1) is 0 Å². The van der Waals surface area contributed by atoms with Crippen LogP contribution in [0.3, 0.4) is 0 Å². The molecule has 0 unspecified atom stereocenters. The minimum atomic E-state index is 0.562. The van der Waals surface area contributed by atoms with Crippen molar-refractivity contribution < 1.29 is 0 Å². The zero-order valence-electron chi connectivity index (χ0n) is 9.95. The van der Waals surface area contributed by atoms with E-state index in [1.165, 1.54) is 38.5 Å². The summed E-state index contributed by atoms with van der Waals surface area (Å²) in [5.74, 6) is 0. The lowest BCUT2D eigenvalue weighted by Gasteiger charge is -2.24. The molecule has 1 N–H and O–H groups in total. The summed E-state index contributed by atoms with van der Waals surface area (Å²) in [5.41, 5.74) is 0.562. The predicted molar refractivity (Wildman–Crippen MR) is 61.1 cm³/mol. The molecule has 1 heteroatoms. The van der Waals surface area contributed by atoms with Crippen molar-refractivity contribution in [2.24, 2.45) is 5.41 Å². The molecule has 13 heavy (non-hydrogen) atoms. The summed E-state index contributed by atoms with van der Waals surface area (Å²) in [7, 11) is 2.03. The first-order valence-corrected chi connectivity index (χ1v) is 5.77. The molecule has 0 aromatic carbocycles. The minimum absolute atomic E-state index is 0.562. The summed E-state index contributed by atoms with van der Waals surface area (Å²) >= 11 is 0. The molecule has 0 aliphatic rings. The van der Waals surface area contributed by atoms with Gasteiger partial charge in [0.15, 0.2) is 0 Å². The Morgan fingerprint density at radius 3 is 2.15 bits per heavy atom. The SMILES string of the molecule is CCCCCC(C)(C)CCCNC. The molecule has 0 aliphatic carbocycles. The van der Waals surface area contributed by atoms with Gasteiger partial charge in [0.05, 0.1) is 0 Å². The van der Waals surface area contributed by atoms with E-state index in [9.17, 15) is 0 Å². The highest BCUT2D eigenvalue weighted by atomic mass is 14.8. The Kier molecular flexibility index (Phi) is 7.35. The molecule has 0 saturated heterocycles.